The molecule has 1 aromatic heterocycles. The second-order valence-corrected chi connectivity index (χ2v) is 5.86. The van der Waals surface area contributed by atoms with Gasteiger partial charge in [0.15, 0.2) is 0 Å². The topological polar surface area (TPSA) is 62.4 Å². The van der Waals surface area contributed by atoms with Gasteiger partial charge in [-0.25, -0.2) is 4.79 Å². The molecule has 1 fully saturated rings. The first-order valence-electron chi connectivity index (χ1n) is 7.71. The monoisotopic (exact) mass is 312 g/mol. The van der Waals surface area contributed by atoms with Gasteiger partial charge in [-0.3, -0.25) is 4.79 Å². The Morgan fingerprint density at radius 3 is 2.91 bits per heavy atom. The predicted octanol–water partition coefficient (Wildman–Crippen LogP) is 2.81. The average Bonchev–Trinajstić information content (AvgIpc) is 3.00. The molecule has 1 amide bonds. The lowest BCUT2D eigenvalue weighted by atomic mass is 9.82. The number of benzene rings is 1. The average molecular weight is 312 g/mol. The van der Waals surface area contributed by atoms with E-state index in [1.807, 2.05) is 29.3 Å². The minimum atomic E-state index is -0.343. The second-order valence-electron chi connectivity index (χ2n) is 5.86. The van der Waals surface area contributed by atoms with E-state index in [-0.39, 0.29) is 17.9 Å². The zero-order chi connectivity index (χ0) is 16.4. The molecule has 120 valence electrons. The number of carbonyl (C=O) groups is 2. The highest BCUT2D eigenvalue weighted by molar-refractivity contribution is 5.85. The van der Waals surface area contributed by atoms with E-state index in [2.05, 4.69) is 18.0 Å². The van der Waals surface area contributed by atoms with Crippen molar-refractivity contribution < 1.29 is 14.3 Å². The van der Waals surface area contributed by atoms with Gasteiger partial charge in [0.2, 0.25) is 6.41 Å². The van der Waals surface area contributed by atoms with Crippen LogP contribution in [0.1, 0.15) is 24.9 Å². The molecule has 5 heteroatoms. The second kappa shape index (κ2) is 6.28. The molecule has 1 saturated heterocycles. The number of aromatic nitrogens is 1. The van der Waals surface area contributed by atoms with E-state index in [0.717, 1.165) is 28.4 Å². The third kappa shape index (κ3) is 2.74. The van der Waals surface area contributed by atoms with Crippen LogP contribution in [0.25, 0.3) is 10.9 Å². The maximum Gasteiger partial charge on any atom is 0.330 e. The number of carbonyl (C=O) groups excluding carboxylic acids is 2. The van der Waals surface area contributed by atoms with Crippen molar-refractivity contribution in [3.63, 3.8) is 0 Å². The molecular formula is C18H20N2O3. The number of hydrogen-bond acceptors (Lipinski definition) is 3. The van der Waals surface area contributed by atoms with Crippen molar-refractivity contribution >= 4 is 23.3 Å². The minimum Gasteiger partial charge on any atom is -0.466 e. The van der Waals surface area contributed by atoms with Crippen LogP contribution in [0.4, 0.5) is 0 Å². The summed E-state index contributed by atoms with van der Waals surface area (Å²) in [6.07, 6.45) is 5.11. The van der Waals surface area contributed by atoms with Gasteiger partial charge < -0.3 is 14.6 Å². The van der Waals surface area contributed by atoms with Crippen LogP contribution in [-0.4, -0.2) is 35.9 Å². The third-order valence-corrected chi connectivity index (χ3v) is 4.65. The number of nitrogens with zero attached hydrogens (tertiary/aromatic N) is 1. The molecule has 23 heavy (non-hydrogen) atoms. The lowest BCUT2D eigenvalue weighted by Gasteiger charge is -2.39. The smallest absolute Gasteiger partial charge is 0.330 e. The molecule has 5 nitrogen and oxygen atoms in total. The van der Waals surface area contributed by atoms with Crippen LogP contribution in [0.2, 0.25) is 0 Å². The van der Waals surface area contributed by atoms with Crippen molar-refractivity contribution in [2.75, 3.05) is 13.7 Å². The molecule has 1 aliphatic rings. The summed E-state index contributed by atoms with van der Waals surface area (Å²) in [4.78, 5) is 28.2. The van der Waals surface area contributed by atoms with E-state index in [9.17, 15) is 9.59 Å². The van der Waals surface area contributed by atoms with Crippen molar-refractivity contribution in [1.82, 2.24) is 9.88 Å². The van der Waals surface area contributed by atoms with Crippen molar-refractivity contribution in [3.05, 3.63) is 47.7 Å². The number of amides is 1. The van der Waals surface area contributed by atoms with E-state index >= 15 is 0 Å². The first-order valence-corrected chi connectivity index (χ1v) is 7.71. The maximum atomic E-state index is 11.6. The van der Waals surface area contributed by atoms with Gasteiger partial charge in [0.25, 0.3) is 0 Å². The Kier molecular flexibility index (Phi) is 4.19. The number of aromatic amines is 1. The summed E-state index contributed by atoms with van der Waals surface area (Å²) >= 11 is 0. The van der Waals surface area contributed by atoms with E-state index in [1.165, 1.54) is 7.11 Å². The number of methoxy groups -OCH3 is 1. The van der Waals surface area contributed by atoms with Gasteiger partial charge in [-0.15, -0.1) is 0 Å². The molecule has 1 N–H and O–H groups in total. The lowest BCUT2D eigenvalue weighted by Crippen LogP contribution is -2.38. The SMILES string of the molecule is COC(=O)/C=C1/CCN(C=O)[C@H](c2c[nH]c3ccccc23)[C@H]1C. The molecular weight excluding hydrogens is 292 g/mol. The Hall–Kier alpha value is -2.56. The highest BCUT2D eigenvalue weighted by atomic mass is 16.5. The highest BCUT2D eigenvalue weighted by Gasteiger charge is 2.34. The normalized spacial score (nSPS) is 23.2. The number of likely N-dealkylation sites (tertiary alicyclic amines) is 1. The maximum absolute atomic E-state index is 11.6. The van der Waals surface area contributed by atoms with Gasteiger partial charge >= 0.3 is 5.97 Å². The Labute approximate surface area is 134 Å². The van der Waals surface area contributed by atoms with Crippen LogP contribution in [0, 0.1) is 5.92 Å². The number of fused-ring (bicyclic) bond motifs is 1. The Bertz CT molecular complexity index is 762. The summed E-state index contributed by atoms with van der Waals surface area (Å²) in [5, 5.41) is 1.11. The van der Waals surface area contributed by atoms with Crippen molar-refractivity contribution in [3.8, 4) is 0 Å². The van der Waals surface area contributed by atoms with Crippen LogP contribution in [-0.2, 0) is 14.3 Å². The van der Waals surface area contributed by atoms with Gasteiger partial charge in [0.05, 0.1) is 13.2 Å². The largest absolute Gasteiger partial charge is 0.466 e. The van der Waals surface area contributed by atoms with E-state index in [0.29, 0.717) is 13.0 Å². The van der Waals surface area contributed by atoms with Gasteiger partial charge in [-0.2, -0.15) is 0 Å². The number of rotatable bonds is 3. The van der Waals surface area contributed by atoms with Crippen molar-refractivity contribution in [2.24, 2.45) is 5.92 Å². The molecule has 3 rings (SSSR count). The number of piperidine rings is 1. The van der Waals surface area contributed by atoms with Gasteiger partial charge in [0, 0.05) is 41.2 Å². The number of H-pyrrole nitrogens is 1. The van der Waals surface area contributed by atoms with Gasteiger partial charge in [-0.1, -0.05) is 30.7 Å². The molecule has 0 aliphatic carbocycles. The summed E-state index contributed by atoms with van der Waals surface area (Å²) in [5.41, 5.74) is 3.14. The highest BCUT2D eigenvalue weighted by Crippen LogP contribution is 2.40. The van der Waals surface area contributed by atoms with Crippen molar-refractivity contribution in [2.45, 2.75) is 19.4 Å². The minimum absolute atomic E-state index is 0.0484. The predicted molar refractivity (Wildman–Crippen MR) is 87.7 cm³/mol. The number of hydrogen-bond donors (Lipinski definition) is 1. The summed E-state index contributed by atoms with van der Waals surface area (Å²) in [7, 11) is 1.38. The Morgan fingerprint density at radius 1 is 1.39 bits per heavy atom. The summed E-state index contributed by atoms with van der Waals surface area (Å²) in [5.74, 6) is -0.295. The van der Waals surface area contributed by atoms with Gasteiger partial charge in [0.1, 0.15) is 0 Å². The molecule has 0 bridgehead atoms. The van der Waals surface area contributed by atoms with Crippen LogP contribution < -0.4 is 0 Å². The molecule has 0 spiro atoms. The zero-order valence-corrected chi connectivity index (χ0v) is 13.3. The zero-order valence-electron chi connectivity index (χ0n) is 13.3. The van der Waals surface area contributed by atoms with Crippen LogP contribution >= 0.6 is 0 Å². The quantitative estimate of drug-likeness (QED) is 0.538. The van der Waals surface area contributed by atoms with Crippen molar-refractivity contribution in [1.29, 1.82) is 0 Å². The molecule has 2 aromatic rings. The standard InChI is InChI=1S/C18H20N2O3/c1-12-13(9-17(22)23-2)7-8-20(11-21)18(12)15-10-19-16-6-4-3-5-14(15)16/h3-6,9-12,18-19H,7-8H2,1-2H3/b13-9-/t12-,18-/m0/s1. The summed E-state index contributed by atoms with van der Waals surface area (Å²) in [6, 6.07) is 7.95. The first kappa shape index (κ1) is 15.3. The Morgan fingerprint density at radius 2 is 2.17 bits per heavy atom. The van der Waals surface area contributed by atoms with E-state index in [4.69, 9.17) is 4.74 Å². The fraction of sp³-hybridized carbons (Fsp3) is 0.333. The van der Waals surface area contributed by atoms with Crippen LogP contribution in [0.3, 0.4) is 0 Å². The lowest BCUT2D eigenvalue weighted by molar-refractivity contribution is -0.134. The Balaban J connectivity index is 2.04. The number of nitrogens with one attached hydrogen (secondary N) is 1. The van der Waals surface area contributed by atoms with Gasteiger partial charge in [-0.05, 0) is 12.5 Å². The fourth-order valence-electron chi connectivity index (χ4n) is 3.43. The summed E-state index contributed by atoms with van der Waals surface area (Å²) < 4.78 is 4.75. The molecule has 1 aliphatic heterocycles. The van der Waals surface area contributed by atoms with E-state index < -0.39 is 0 Å². The number of para-hydroxylation sites is 1. The number of esters is 1. The third-order valence-electron chi connectivity index (χ3n) is 4.65. The van der Waals surface area contributed by atoms with Crippen LogP contribution in [0.15, 0.2) is 42.1 Å². The molecule has 0 unspecified atom stereocenters. The first-order chi connectivity index (χ1) is 11.2. The molecule has 2 heterocycles. The molecule has 0 radical (unpaired) electrons. The molecule has 1 aromatic carbocycles. The molecule has 2 atom stereocenters. The fourth-order valence-corrected chi connectivity index (χ4v) is 3.43. The summed E-state index contributed by atoms with van der Waals surface area (Å²) in [6.45, 7) is 2.65. The van der Waals surface area contributed by atoms with E-state index in [1.54, 1.807) is 6.08 Å². The van der Waals surface area contributed by atoms with Crippen LogP contribution in [0.5, 0.6) is 0 Å². The molecule has 0 saturated carbocycles. The number of ether oxygens (including phenoxy) is 1.